The van der Waals surface area contributed by atoms with Crippen molar-refractivity contribution in [3.05, 3.63) is 60.2 Å². The van der Waals surface area contributed by atoms with Crippen molar-refractivity contribution in [2.75, 3.05) is 20.6 Å². The van der Waals surface area contributed by atoms with E-state index in [1.165, 1.54) is 16.7 Å². The van der Waals surface area contributed by atoms with Crippen LogP contribution in [0.3, 0.4) is 0 Å². The number of nitrogens with two attached hydrogens (primary N) is 1. The lowest BCUT2D eigenvalue weighted by Crippen LogP contribution is -2.20. The van der Waals surface area contributed by atoms with E-state index in [0.29, 0.717) is 6.04 Å². The number of benzene rings is 2. The van der Waals surface area contributed by atoms with Gasteiger partial charge in [0.2, 0.25) is 0 Å². The van der Waals surface area contributed by atoms with Crippen LogP contribution in [0.1, 0.15) is 24.4 Å². The Morgan fingerprint density at radius 3 is 2.05 bits per heavy atom. The molecule has 2 aromatic rings. The van der Waals surface area contributed by atoms with Crippen molar-refractivity contribution >= 4 is 0 Å². The van der Waals surface area contributed by atoms with Gasteiger partial charge < -0.3 is 10.6 Å². The molecule has 2 nitrogen and oxygen atoms in total. The molecule has 1 unspecified atom stereocenters. The summed E-state index contributed by atoms with van der Waals surface area (Å²) in [6.07, 6.45) is 2.16. The van der Waals surface area contributed by atoms with E-state index < -0.39 is 0 Å². The standard InChI is InChI=1S/C18H24N2/c1-20(2)18(9-6-14-19)17-12-10-16(11-13-17)15-7-4-3-5-8-15/h3-5,7-8,10-13,18H,6,9,14,19H2,1-2H3. The molecule has 0 saturated heterocycles. The predicted molar refractivity (Wildman–Crippen MR) is 86.6 cm³/mol. The molecule has 0 radical (unpaired) electrons. The molecule has 0 bridgehead atoms. The maximum absolute atomic E-state index is 5.64. The van der Waals surface area contributed by atoms with Crippen molar-refractivity contribution in [3.8, 4) is 11.1 Å². The second kappa shape index (κ2) is 7.22. The summed E-state index contributed by atoms with van der Waals surface area (Å²) in [5.74, 6) is 0. The Bertz CT molecular complexity index is 503. The molecule has 20 heavy (non-hydrogen) atoms. The molecule has 0 aliphatic heterocycles. The van der Waals surface area contributed by atoms with Gasteiger partial charge in [-0.05, 0) is 50.2 Å². The lowest BCUT2D eigenvalue weighted by molar-refractivity contribution is 0.280. The molecule has 1 atom stereocenters. The Hall–Kier alpha value is -1.64. The molecule has 2 rings (SSSR count). The summed E-state index contributed by atoms with van der Waals surface area (Å²) in [4.78, 5) is 2.27. The summed E-state index contributed by atoms with van der Waals surface area (Å²) in [6.45, 7) is 0.756. The Balaban J connectivity index is 2.18. The van der Waals surface area contributed by atoms with Gasteiger partial charge in [0, 0.05) is 6.04 Å². The highest BCUT2D eigenvalue weighted by Gasteiger charge is 2.13. The van der Waals surface area contributed by atoms with Crippen molar-refractivity contribution in [3.63, 3.8) is 0 Å². The summed E-state index contributed by atoms with van der Waals surface area (Å²) >= 11 is 0. The van der Waals surface area contributed by atoms with Crippen LogP contribution in [0, 0.1) is 0 Å². The third-order valence-electron chi connectivity index (χ3n) is 3.71. The second-order valence-electron chi connectivity index (χ2n) is 5.40. The fourth-order valence-corrected chi connectivity index (χ4v) is 2.56. The zero-order valence-electron chi connectivity index (χ0n) is 12.4. The maximum atomic E-state index is 5.64. The first-order valence-electron chi connectivity index (χ1n) is 7.24. The Morgan fingerprint density at radius 1 is 0.900 bits per heavy atom. The van der Waals surface area contributed by atoms with Crippen molar-refractivity contribution in [2.24, 2.45) is 5.73 Å². The molecule has 0 spiro atoms. The average molecular weight is 268 g/mol. The van der Waals surface area contributed by atoms with E-state index in [-0.39, 0.29) is 0 Å². The van der Waals surface area contributed by atoms with Gasteiger partial charge in [0.15, 0.2) is 0 Å². The fourth-order valence-electron chi connectivity index (χ4n) is 2.56. The molecule has 0 aliphatic carbocycles. The van der Waals surface area contributed by atoms with E-state index in [0.717, 1.165) is 19.4 Å². The third-order valence-corrected chi connectivity index (χ3v) is 3.71. The minimum absolute atomic E-state index is 0.448. The summed E-state index contributed by atoms with van der Waals surface area (Å²) in [5.41, 5.74) is 9.54. The Kier molecular flexibility index (Phi) is 5.33. The van der Waals surface area contributed by atoms with Crippen molar-refractivity contribution < 1.29 is 0 Å². The molecule has 2 heteroatoms. The topological polar surface area (TPSA) is 29.3 Å². The number of nitrogens with zero attached hydrogens (tertiary/aromatic N) is 1. The highest BCUT2D eigenvalue weighted by Crippen LogP contribution is 2.26. The highest BCUT2D eigenvalue weighted by molar-refractivity contribution is 5.63. The SMILES string of the molecule is CN(C)C(CCCN)c1ccc(-c2ccccc2)cc1. The van der Waals surface area contributed by atoms with Crippen LogP contribution in [-0.2, 0) is 0 Å². The zero-order chi connectivity index (χ0) is 14.4. The summed E-state index contributed by atoms with van der Waals surface area (Å²) in [7, 11) is 4.26. The molecular weight excluding hydrogens is 244 g/mol. The van der Waals surface area contributed by atoms with Gasteiger partial charge in [0.1, 0.15) is 0 Å². The van der Waals surface area contributed by atoms with Crippen LogP contribution in [0.2, 0.25) is 0 Å². The van der Waals surface area contributed by atoms with E-state index in [9.17, 15) is 0 Å². The molecule has 2 N–H and O–H groups in total. The van der Waals surface area contributed by atoms with Gasteiger partial charge >= 0.3 is 0 Å². The molecule has 106 valence electrons. The van der Waals surface area contributed by atoms with Gasteiger partial charge in [-0.1, -0.05) is 54.6 Å². The number of hydrogen-bond acceptors (Lipinski definition) is 2. The zero-order valence-corrected chi connectivity index (χ0v) is 12.4. The third kappa shape index (κ3) is 3.69. The van der Waals surface area contributed by atoms with Gasteiger partial charge in [-0.15, -0.1) is 0 Å². The quantitative estimate of drug-likeness (QED) is 0.865. The Labute approximate surface area is 122 Å². The summed E-state index contributed by atoms with van der Waals surface area (Å²) in [6, 6.07) is 19.8. The number of hydrogen-bond donors (Lipinski definition) is 1. The van der Waals surface area contributed by atoms with E-state index >= 15 is 0 Å². The van der Waals surface area contributed by atoms with Crippen LogP contribution in [0.25, 0.3) is 11.1 Å². The Morgan fingerprint density at radius 2 is 1.50 bits per heavy atom. The lowest BCUT2D eigenvalue weighted by Gasteiger charge is -2.25. The molecular formula is C18H24N2. The van der Waals surface area contributed by atoms with Gasteiger partial charge in [-0.2, -0.15) is 0 Å². The van der Waals surface area contributed by atoms with Crippen molar-refractivity contribution in [2.45, 2.75) is 18.9 Å². The van der Waals surface area contributed by atoms with Gasteiger partial charge in [0.25, 0.3) is 0 Å². The summed E-state index contributed by atoms with van der Waals surface area (Å²) < 4.78 is 0. The highest BCUT2D eigenvalue weighted by atomic mass is 15.1. The van der Waals surface area contributed by atoms with E-state index in [1.807, 2.05) is 6.07 Å². The van der Waals surface area contributed by atoms with Crippen LogP contribution < -0.4 is 5.73 Å². The van der Waals surface area contributed by atoms with Crippen LogP contribution in [0.5, 0.6) is 0 Å². The molecule has 2 aromatic carbocycles. The second-order valence-corrected chi connectivity index (χ2v) is 5.40. The predicted octanol–water partition coefficient (Wildman–Crippen LogP) is 3.70. The van der Waals surface area contributed by atoms with Gasteiger partial charge in [-0.25, -0.2) is 0 Å². The first-order chi connectivity index (χ1) is 9.72. The first kappa shape index (κ1) is 14.8. The molecule has 0 amide bonds. The smallest absolute Gasteiger partial charge is 0.0342 e. The average Bonchev–Trinajstić information content (AvgIpc) is 2.49. The van der Waals surface area contributed by atoms with E-state index in [2.05, 4.69) is 67.5 Å². The molecule has 0 heterocycles. The summed E-state index contributed by atoms with van der Waals surface area (Å²) in [5, 5.41) is 0. The van der Waals surface area contributed by atoms with Gasteiger partial charge in [0.05, 0.1) is 0 Å². The van der Waals surface area contributed by atoms with Crippen LogP contribution in [0.15, 0.2) is 54.6 Å². The van der Waals surface area contributed by atoms with Crippen LogP contribution in [-0.4, -0.2) is 25.5 Å². The molecule has 0 aromatic heterocycles. The minimum atomic E-state index is 0.448. The fraction of sp³-hybridized carbons (Fsp3) is 0.333. The van der Waals surface area contributed by atoms with E-state index in [1.54, 1.807) is 0 Å². The maximum Gasteiger partial charge on any atom is 0.0342 e. The van der Waals surface area contributed by atoms with Crippen molar-refractivity contribution in [1.82, 2.24) is 4.90 Å². The molecule has 0 saturated carbocycles. The molecule has 0 fully saturated rings. The normalized spacial score (nSPS) is 12.6. The van der Waals surface area contributed by atoms with E-state index in [4.69, 9.17) is 5.73 Å². The first-order valence-corrected chi connectivity index (χ1v) is 7.24. The van der Waals surface area contributed by atoms with Crippen LogP contribution >= 0.6 is 0 Å². The van der Waals surface area contributed by atoms with Crippen molar-refractivity contribution in [1.29, 1.82) is 0 Å². The minimum Gasteiger partial charge on any atom is -0.330 e. The monoisotopic (exact) mass is 268 g/mol. The van der Waals surface area contributed by atoms with Gasteiger partial charge in [-0.3, -0.25) is 0 Å². The molecule has 0 aliphatic rings. The number of rotatable bonds is 6. The largest absolute Gasteiger partial charge is 0.330 e. The lowest BCUT2D eigenvalue weighted by atomic mass is 9.97. The van der Waals surface area contributed by atoms with Crippen LogP contribution in [0.4, 0.5) is 0 Å².